The van der Waals surface area contributed by atoms with Gasteiger partial charge in [-0.1, -0.05) is 24.3 Å². The average Bonchev–Trinajstić information content (AvgIpc) is 3.11. The maximum Gasteiger partial charge on any atom is 0.449 e. The fourth-order valence-electron chi connectivity index (χ4n) is 3.53. The van der Waals surface area contributed by atoms with Crippen molar-refractivity contribution in [2.24, 2.45) is 0 Å². The van der Waals surface area contributed by atoms with Gasteiger partial charge in [0.15, 0.2) is 11.5 Å². The summed E-state index contributed by atoms with van der Waals surface area (Å²) in [5, 5.41) is 0. The minimum absolute atomic E-state index is 0.198. The summed E-state index contributed by atoms with van der Waals surface area (Å²) in [6.45, 7) is 2.70. The first-order valence-corrected chi connectivity index (χ1v) is 9.56. The highest BCUT2D eigenvalue weighted by Crippen LogP contribution is 2.35. The number of hydrogen-bond acceptors (Lipinski definition) is 4. The van der Waals surface area contributed by atoms with Crippen molar-refractivity contribution in [3.63, 3.8) is 0 Å². The van der Waals surface area contributed by atoms with E-state index in [1.54, 1.807) is 31.2 Å². The summed E-state index contributed by atoms with van der Waals surface area (Å²) in [7, 11) is 0. The van der Waals surface area contributed by atoms with E-state index in [0.29, 0.717) is 31.3 Å². The van der Waals surface area contributed by atoms with Gasteiger partial charge in [-0.25, -0.2) is 4.98 Å². The molecule has 4 rings (SSSR count). The molecule has 0 bridgehead atoms. The van der Waals surface area contributed by atoms with E-state index in [-0.39, 0.29) is 17.6 Å². The number of carbonyl (C=O) groups excluding carboxylic acids is 1. The van der Waals surface area contributed by atoms with Crippen molar-refractivity contribution < 1.29 is 27.4 Å². The second kappa shape index (κ2) is 7.89. The van der Waals surface area contributed by atoms with Crippen LogP contribution in [0.4, 0.5) is 13.2 Å². The standard InChI is InChI=1S/C21H20F3N3O3/c1-2-26(12-14-6-5-9-17-19(14)30-11-10-29-17)18(28)13-27-16-8-4-3-7-15(16)25-20(27)21(22,23)24/h3-9H,2,10-13H2,1H3. The lowest BCUT2D eigenvalue weighted by molar-refractivity contribution is -0.148. The van der Waals surface area contributed by atoms with Crippen LogP contribution < -0.4 is 9.47 Å². The number of alkyl halides is 3. The number of para-hydroxylation sites is 3. The lowest BCUT2D eigenvalue weighted by Crippen LogP contribution is -2.34. The highest BCUT2D eigenvalue weighted by molar-refractivity contribution is 5.81. The first-order chi connectivity index (χ1) is 14.4. The van der Waals surface area contributed by atoms with E-state index in [1.165, 1.54) is 17.0 Å². The number of benzene rings is 2. The van der Waals surface area contributed by atoms with Gasteiger partial charge in [0, 0.05) is 18.7 Å². The molecule has 0 saturated heterocycles. The molecule has 30 heavy (non-hydrogen) atoms. The van der Waals surface area contributed by atoms with Gasteiger partial charge in [0.2, 0.25) is 11.7 Å². The molecule has 0 atom stereocenters. The molecular weight excluding hydrogens is 399 g/mol. The number of likely N-dealkylation sites (N-methyl/N-ethyl adjacent to an activating group) is 1. The zero-order chi connectivity index (χ0) is 21.3. The molecule has 1 aliphatic heterocycles. The molecule has 0 radical (unpaired) electrons. The maximum absolute atomic E-state index is 13.5. The predicted molar refractivity (Wildman–Crippen MR) is 103 cm³/mol. The van der Waals surface area contributed by atoms with Crippen LogP contribution in [0.3, 0.4) is 0 Å². The molecule has 158 valence electrons. The Hall–Kier alpha value is -3.23. The zero-order valence-corrected chi connectivity index (χ0v) is 16.3. The number of nitrogens with zero attached hydrogens (tertiary/aromatic N) is 3. The number of ether oxygens (including phenoxy) is 2. The normalized spacial score (nSPS) is 13.5. The SMILES string of the molecule is CCN(Cc1cccc2c1OCCO2)C(=O)Cn1c(C(F)(F)F)nc2ccccc21. The second-order valence-corrected chi connectivity index (χ2v) is 6.86. The Labute approximate surface area is 170 Å². The molecule has 3 aromatic rings. The van der Waals surface area contributed by atoms with Crippen LogP contribution in [0.2, 0.25) is 0 Å². The van der Waals surface area contributed by atoms with Gasteiger partial charge in [-0.15, -0.1) is 0 Å². The van der Waals surface area contributed by atoms with Crippen molar-refractivity contribution in [3.8, 4) is 11.5 Å². The monoisotopic (exact) mass is 419 g/mol. The van der Waals surface area contributed by atoms with Crippen LogP contribution in [0.1, 0.15) is 18.3 Å². The fourth-order valence-corrected chi connectivity index (χ4v) is 3.53. The Balaban J connectivity index is 1.62. The van der Waals surface area contributed by atoms with Gasteiger partial charge < -0.3 is 18.9 Å². The molecule has 9 heteroatoms. The molecule has 1 amide bonds. The summed E-state index contributed by atoms with van der Waals surface area (Å²) in [6, 6.07) is 11.7. The van der Waals surface area contributed by atoms with E-state index in [0.717, 1.165) is 10.1 Å². The lowest BCUT2D eigenvalue weighted by atomic mass is 10.1. The third kappa shape index (κ3) is 3.79. The molecule has 1 aromatic heterocycles. The molecule has 0 N–H and O–H groups in total. The minimum Gasteiger partial charge on any atom is -0.486 e. The number of fused-ring (bicyclic) bond motifs is 2. The smallest absolute Gasteiger partial charge is 0.449 e. The van der Waals surface area contributed by atoms with Crippen LogP contribution in [0, 0.1) is 0 Å². The molecule has 6 nitrogen and oxygen atoms in total. The molecule has 0 aliphatic carbocycles. The number of rotatable bonds is 5. The Morgan fingerprint density at radius 2 is 1.90 bits per heavy atom. The Morgan fingerprint density at radius 3 is 2.67 bits per heavy atom. The largest absolute Gasteiger partial charge is 0.486 e. The molecule has 0 unspecified atom stereocenters. The van der Waals surface area contributed by atoms with Crippen LogP contribution in [-0.4, -0.2) is 40.1 Å². The van der Waals surface area contributed by atoms with E-state index in [2.05, 4.69) is 4.98 Å². The van der Waals surface area contributed by atoms with Crippen LogP contribution in [0.15, 0.2) is 42.5 Å². The predicted octanol–water partition coefficient (Wildman–Crippen LogP) is 3.88. The van der Waals surface area contributed by atoms with E-state index in [1.807, 2.05) is 6.07 Å². The van der Waals surface area contributed by atoms with Crippen molar-refractivity contribution in [1.29, 1.82) is 0 Å². The van der Waals surface area contributed by atoms with Gasteiger partial charge in [0.05, 0.1) is 11.0 Å². The Morgan fingerprint density at radius 1 is 1.13 bits per heavy atom. The van der Waals surface area contributed by atoms with Crippen LogP contribution in [0.5, 0.6) is 11.5 Å². The fraction of sp³-hybridized carbons (Fsp3) is 0.333. The summed E-state index contributed by atoms with van der Waals surface area (Å²) in [5.74, 6) is -0.358. The van der Waals surface area contributed by atoms with Gasteiger partial charge >= 0.3 is 6.18 Å². The number of aromatic nitrogens is 2. The van der Waals surface area contributed by atoms with E-state index >= 15 is 0 Å². The topological polar surface area (TPSA) is 56.6 Å². The van der Waals surface area contributed by atoms with Gasteiger partial charge in [-0.2, -0.15) is 13.2 Å². The first-order valence-electron chi connectivity index (χ1n) is 9.56. The molecular formula is C21H20F3N3O3. The van der Waals surface area contributed by atoms with Crippen molar-refractivity contribution in [1.82, 2.24) is 14.5 Å². The highest BCUT2D eigenvalue weighted by Gasteiger charge is 2.38. The summed E-state index contributed by atoms with van der Waals surface area (Å²) in [6.07, 6.45) is -4.67. The van der Waals surface area contributed by atoms with E-state index in [9.17, 15) is 18.0 Å². The van der Waals surface area contributed by atoms with E-state index < -0.39 is 24.5 Å². The third-order valence-corrected chi connectivity index (χ3v) is 4.94. The molecule has 0 saturated carbocycles. The highest BCUT2D eigenvalue weighted by atomic mass is 19.4. The average molecular weight is 419 g/mol. The number of halogens is 3. The summed E-state index contributed by atoms with van der Waals surface area (Å²) >= 11 is 0. The van der Waals surface area contributed by atoms with Crippen molar-refractivity contribution in [2.45, 2.75) is 26.2 Å². The minimum atomic E-state index is -4.67. The maximum atomic E-state index is 13.5. The summed E-state index contributed by atoms with van der Waals surface area (Å²) in [5.41, 5.74) is 1.21. The Kier molecular flexibility index (Phi) is 5.27. The summed E-state index contributed by atoms with van der Waals surface area (Å²) in [4.78, 5) is 18.2. The zero-order valence-electron chi connectivity index (χ0n) is 16.3. The number of carbonyl (C=O) groups is 1. The van der Waals surface area contributed by atoms with Crippen molar-refractivity contribution in [2.75, 3.05) is 19.8 Å². The molecule has 2 heterocycles. The molecule has 1 aliphatic rings. The number of hydrogen-bond donors (Lipinski definition) is 0. The third-order valence-electron chi connectivity index (χ3n) is 4.94. The van der Waals surface area contributed by atoms with Gasteiger partial charge in [-0.05, 0) is 25.1 Å². The van der Waals surface area contributed by atoms with Gasteiger partial charge in [0.1, 0.15) is 19.8 Å². The van der Waals surface area contributed by atoms with Gasteiger partial charge in [-0.3, -0.25) is 4.79 Å². The number of imidazole rings is 1. The van der Waals surface area contributed by atoms with Crippen LogP contribution >= 0.6 is 0 Å². The Bertz CT molecular complexity index is 1080. The number of amides is 1. The van der Waals surface area contributed by atoms with Crippen molar-refractivity contribution >= 4 is 16.9 Å². The molecule has 2 aromatic carbocycles. The molecule has 0 fully saturated rings. The summed E-state index contributed by atoms with van der Waals surface area (Å²) < 4.78 is 52.7. The van der Waals surface area contributed by atoms with Crippen molar-refractivity contribution in [3.05, 3.63) is 53.9 Å². The first kappa shape index (κ1) is 20.1. The second-order valence-electron chi connectivity index (χ2n) is 6.86. The lowest BCUT2D eigenvalue weighted by Gasteiger charge is -2.26. The van der Waals surface area contributed by atoms with Crippen LogP contribution in [-0.2, 0) is 24.1 Å². The molecule has 0 spiro atoms. The van der Waals surface area contributed by atoms with Gasteiger partial charge in [0.25, 0.3) is 0 Å². The van der Waals surface area contributed by atoms with Crippen LogP contribution in [0.25, 0.3) is 11.0 Å². The van der Waals surface area contributed by atoms with E-state index in [4.69, 9.17) is 9.47 Å². The quantitative estimate of drug-likeness (QED) is 0.630.